The van der Waals surface area contributed by atoms with Crippen LogP contribution < -0.4 is 19.8 Å². The smallest absolute Gasteiger partial charge is 0.296 e. The lowest BCUT2D eigenvalue weighted by Crippen LogP contribution is -2.30. The Labute approximate surface area is 181 Å². The fraction of sp³-hybridized carbons (Fsp3) is 0.125. The summed E-state index contributed by atoms with van der Waals surface area (Å²) in [7, 11) is 2.97. The lowest BCUT2D eigenvalue weighted by atomic mass is 9.97. The minimum absolute atomic E-state index is 0.0475. The van der Waals surface area contributed by atoms with Gasteiger partial charge >= 0.3 is 0 Å². The van der Waals surface area contributed by atoms with Crippen LogP contribution in [0.25, 0.3) is 11.0 Å². The summed E-state index contributed by atoms with van der Waals surface area (Å²) in [6.45, 7) is 0. The quantitative estimate of drug-likeness (QED) is 0.483. The van der Waals surface area contributed by atoms with Gasteiger partial charge < -0.3 is 13.9 Å². The predicted molar refractivity (Wildman–Crippen MR) is 115 cm³/mol. The van der Waals surface area contributed by atoms with Crippen molar-refractivity contribution in [3.8, 4) is 11.5 Å². The molecule has 0 N–H and O–H groups in total. The normalized spacial score (nSPS) is 15.2. The van der Waals surface area contributed by atoms with E-state index in [9.17, 15) is 14.0 Å². The molecular formula is C24H17FN2O5. The van der Waals surface area contributed by atoms with E-state index in [0.29, 0.717) is 22.9 Å². The second-order valence-electron chi connectivity index (χ2n) is 7.16. The molecule has 0 saturated heterocycles. The minimum atomic E-state index is -0.915. The fourth-order valence-electron chi connectivity index (χ4n) is 4.10. The molecule has 1 atom stereocenters. The first-order valence-corrected chi connectivity index (χ1v) is 9.77. The van der Waals surface area contributed by atoms with Crippen molar-refractivity contribution < 1.29 is 23.1 Å². The molecule has 0 bridgehead atoms. The van der Waals surface area contributed by atoms with Crippen LogP contribution in [0.5, 0.6) is 11.5 Å². The highest BCUT2D eigenvalue weighted by atomic mass is 19.1. The molecule has 0 fully saturated rings. The molecule has 160 valence electrons. The zero-order valence-corrected chi connectivity index (χ0v) is 17.2. The van der Waals surface area contributed by atoms with E-state index in [4.69, 9.17) is 13.9 Å². The van der Waals surface area contributed by atoms with Crippen LogP contribution in [-0.2, 0) is 0 Å². The van der Waals surface area contributed by atoms with E-state index in [1.165, 1.54) is 31.3 Å². The Morgan fingerprint density at radius 1 is 1.03 bits per heavy atom. The molecule has 0 radical (unpaired) electrons. The van der Waals surface area contributed by atoms with Crippen molar-refractivity contribution in [3.63, 3.8) is 0 Å². The standard InChI is InChI=1S/C24H17FN2O5/c1-30-17-7-5-6-14(22(17)31-2)20-19-21(28)15-12-13(25)9-10-16(15)32-23(19)24(29)27(20)18-8-3-4-11-26-18/h3-12,20H,1-2H3/t20-/m0/s1. The molecule has 0 spiro atoms. The van der Waals surface area contributed by atoms with E-state index in [-0.39, 0.29) is 22.3 Å². The van der Waals surface area contributed by atoms with Crippen LogP contribution in [0.2, 0.25) is 0 Å². The highest BCUT2D eigenvalue weighted by Crippen LogP contribution is 2.45. The van der Waals surface area contributed by atoms with Crippen molar-refractivity contribution in [2.45, 2.75) is 6.04 Å². The van der Waals surface area contributed by atoms with Gasteiger partial charge in [0.25, 0.3) is 5.91 Å². The van der Waals surface area contributed by atoms with Gasteiger partial charge in [0.1, 0.15) is 23.3 Å². The summed E-state index contributed by atoms with van der Waals surface area (Å²) >= 11 is 0. The molecule has 0 saturated carbocycles. The number of para-hydroxylation sites is 1. The summed E-state index contributed by atoms with van der Waals surface area (Å²) in [5.41, 5.74) is 0.225. The molecule has 32 heavy (non-hydrogen) atoms. The van der Waals surface area contributed by atoms with E-state index < -0.39 is 23.2 Å². The van der Waals surface area contributed by atoms with Gasteiger partial charge in [0.15, 0.2) is 16.9 Å². The van der Waals surface area contributed by atoms with E-state index in [2.05, 4.69) is 4.98 Å². The first-order chi connectivity index (χ1) is 15.5. The van der Waals surface area contributed by atoms with Crippen LogP contribution in [0.15, 0.2) is 70.0 Å². The first-order valence-electron chi connectivity index (χ1n) is 9.77. The molecule has 1 aliphatic rings. The van der Waals surface area contributed by atoms with Crippen LogP contribution in [-0.4, -0.2) is 25.1 Å². The van der Waals surface area contributed by atoms with Gasteiger partial charge in [-0.05, 0) is 36.4 Å². The number of hydrogen-bond acceptors (Lipinski definition) is 6. The zero-order valence-electron chi connectivity index (χ0n) is 17.2. The van der Waals surface area contributed by atoms with Crippen molar-refractivity contribution in [1.29, 1.82) is 0 Å². The van der Waals surface area contributed by atoms with Crippen LogP contribution in [0, 0.1) is 5.82 Å². The van der Waals surface area contributed by atoms with Gasteiger partial charge in [-0.2, -0.15) is 0 Å². The highest BCUT2D eigenvalue weighted by Gasteiger charge is 2.45. The Kier molecular flexibility index (Phi) is 4.62. The maximum atomic E-state index is 13.9. The van der Waals surface area contributed by atoms with Gasteiger partial charge in [-0.15, -0.1) is 0 Å². The van der Waals surface area contributed by atoms with E-state index in [1.807, 2.05) is 0 Å². The molecule has 1 amide bonds. The largest absolute Gasteiger partial charge is 0.493 e. The van der Waals surface area contributed by atoms with Gasteiger partial charge in [0.2, 0.25) is 5.76 Å². The van der Waals surface area contributed by atoms with E-state index in [1.54, 1.807) is 42.6 Å². The lowest BCUT2D eigenvalue weighted by Gasteiger charge is -2.26. The number of benzene rings is 2. The third-order valence-electron chi connectivity index (χ3n) is 5.46. The molecule has 7 nitrogen and oxygen atoms in total. The van der Waals surface area contributed by atoms with Gasteiger partial charge in [-0.25, -0.2) is 9.37 Å². The third-order valence-corrected chi connectivity index (χ3v) is 5.46. The number of hydrogen-bond donors (Lipinski definition) is 0. The van der Waals surface area contributed by atoms with Crippen molar-refractivity contribution in [2.24, 2.45) is 0 Å². The second kappa shape index (κ2) is 7.49. The number of fused-ring (bicyclic) bond motifs is 2. The topological polar surface area (TPSA) is 81.9 Å². The van der Waals surface area contributed by atoms with Crippen molar-refractivity contribution in [3.05, 3.63) is 93.7 Å². The number of amides is 1. The molecule has 0 aliphatic carbocycles. The first kappa shape index (κ1) is 19.7. The molecule has 1 aliphatic heterocycles. The number of aromatic nitrogens is 1. The van der Waals surface area contributed by atoms with Crippen LogP contribution in [0.3, 0.4) is 0 Å². The Bertz CT molecular complexity index is 1420. The average Bonchev–Trinajstić information content (AvgIpc) is 3.11. The lowest BCUT2D eigenvalue weighted by molar-refractivity contribution is 0.0970. The maximum Gasteiger partial charge on any atom is 0.296 e. The van der Waals surface area contributed by atoms with Crippen LogP contribution in [0.1, 0.15) is 27.7 Å². The number of anilines is 1. The Morgan fingerprint density at radius 2 is 1.88 bits per heavy atom. The zero-order chi connectivity index (χ0) is 22.4. The molecule has 0 unspecified atom stereocenters. The number of halogens is 1. The monoisotopic (exact) mass is 432 g/mol. The number of methoxy groups -OCH3 is 2. The summed E-state index contributed by atoms with van der Waals surface area (Å²) in [4.78, 5) is 32.7. The fourth-order valence-corrected chi connectivity index (χ4v) is 4.10. The van der Waals surface area contributed by atoms with Crippen molar-refractivity contribution >= 4 is 22.7 Å². The maximum absolute atomic E-state index is 13.9. The number of carbonyl (C=O) groups is 1. The number of rotatable bonds is 4. The SMILES string of the molecule is COc1cccc([C@H]2c3c(oc4ccc(F)cc4c3=O)C(=O)N2c2ccccn2)c1OC. The molecular weight excluding hydrogens is 415 g/mol. The Morgan fingerprint density at radius 3 is 2.59 bits per heavy atom. The van der Waals surface area contributed by atoms with Crippen molar-refractivity contribution in [1.82, 2.24) is 4.98 Å². The molecule has 3 heterocycles. The summed E-state index contributed by atoms with van der Waals surface area (Å²) in [5, 5.41) is 0.0475. The summed E-state index contributed by atoms with van der Waals surface area (Å²) < 4.78 is 30.7. The minimum Gasteiger partial charge on any atom is -0.493 e. The average molecular weight is 432 g/mol. The van der Waals surface area contributed by atoms with Crippen molar-refractivity contribution in [2.75, 3.05) is 19.1 Å². The van der Waals surface area contributed by atoms with Gasteiger partial charge in [0.05, 0.1) is 25.2 Å². The van der Waals surface area contributed by atoms with E-state index in [0.717, 1.165) is 6.07 Å². The van der Waals surface area contributed by atoms with E-state index >= 15 is 0 Å². The number of pyridine rings is 1. The number of nitrogens with zero attached hydrogens (tertiary/aromatic N) is 2. The van der Waals surface area contributed by atoms with Crippen LogP contribution >= 0.6 is 0 Å². The highest BCUT2D eigenvalue weighted by molar-refractivity contribution is 6.10. The molecule has 4 aromatic rings. The number of carbonyl (C=O) groups excluding carboxylic acids is 1. The molecule has 5 rings (SSSR count). The molecule has 2 aromatic carbocycles. The summed E-state index contributed by atoms with van der Waals surface area (Å²) in [5.74, 6) is -0.102. The predicted octanol–water partition coefficient (Wildman–Crippen LogP) is 4.09. The molecule has 8 heteroatoms. The summed E-state index contributed by atoms with van der Waals surface area (Å²) in [6, 6.07) is 13.0. The summed E-state index contributed by atoms with van der Waals surface area (Å²) in [6.07, 6.45) is 1.55. The Hall–Kier alpha value is -4.20. The van der Waals surface area contributed by atoms with Gasteiger partial charge in [0, 0.05) is 11.8 Å². The third kappa shape index (κ3) is 2.84. The second-order valence-corrected chi connectivity index (χ2v) is 7.16. The Balaban J connectivity index is 1.87. The molecule has 2 aromatic heterocycles. The number of ether oxygens (including phenoxy) is 2. The van der Waals surface area contributed by atoms with Crippen LogP contribution in [0.4, 0.5) is 10.2 Å². The van der Waals surface area contributed by atoms with Gasteiger partial charge in [-0.3, -0.25) is 14.5 Å². The van der Waals surface area contributed by atoms with Gasteiger partial charge in [-0.1, -0.05) is 18.2 Å².